The zero-order valence-electron chi connectivity index (χ0n) is 10.7. The molecule has 1 saturated carbocycles. The van der Waals surface area contributed by atoms with Gasteiger partial charge in [0, 0.05) is 6.92 Å². The zero-order chi connectivity index (χ0) is 13.1. The van der Waals surface area contributed by atoms with Gasteiger partial charge in [-0.1, -0.05) is 12.2 Å². The van der Waals surface area contributed by atoms with E-state index in [-0.39, 0.29) is 6.42 Å². The lowest BCUT2D eigenvalue weighted by Gasteiger charge is -2.21. The highest BCUT2D eigenvalue weighted by Crippen LogP contribution is 2.45. The Morgan fingerprint density at radius 1 is 1.39 bits per heavy atom. The number of rotatable bonds is 6. The van der Waals surface area contributed by atoms with Gasteiger partial charge in [-0.25, -0.2) is 0 Å². The minimum atomic E-state index is -0.908. The fourth-order valence-corrected chi connectivity index (χ4v) is 3.26. The van der Waals surface area contributed by atoms with E-state index in [2.05, 4.69) is 12.2 Å². The second-order valence-electron chi connectivity index (χ2n) is 5.45. The molecule has 1 N–H and O–H groups in total. The van der Waals surface area contributed by atoms with Crippen molar-refractivity contribution in [3.8, 4) is 0 Å². The molecule has 0 aromatic carbocycles. The van der Waals surface area contributed by atoms with Gasteiger partial charge in [-0.05, 0) is 43.4 Å². The van der Waals surface area contributed by atoms with E-state index in [4.69, 9.17) is 9.84 Å². The van der Waals surface area contributed by atoms with E-state index in [0.29, 0.717) is 18.3 Å². The molecule has 100 valence electrons. The quantitative estimate of drug-likeness (QED) is 0.582. The van der Waals surface area contributed by atoms with Crippen LogP contribution in [0.5, 0.6) is 0 Å². The molecule has 0 spiro atoms. The summed E-state index contributed by atoms with van der Waals surface area (Å²) >= 11 is 0. The summed E-state index contributed by atoms with van der Waals surface area (Å²) < 4.78 is 5.06. The number of esters is 1. The molecule has 0 heterocycles. The number of carboxylic acid groups (broad SMARTS) is 1. The summed E-state index contributed by atoms with van der Waals surface area (Å²) in [7, 11) is 0. The summed E-state index contributed by atoms with van der Waals surface area (Å²) in [6, 6.07) is 0. The number of fused-ring (bicyclic) bond motifs is 2. The lowest BCUT2D eigenvalue weighted by molar-refractivity contribution is -0.151. The maximum atomic E-state index is 10.9. The van der Waals surface area contributed by atoms with Crippen molar-refractivity contribution in [3.05, 3.63) is 12.2 Å². The number of carbonyl (C=O) groups is 2. The molecule has 4 nitrogen and oxygen atoms in total. The normalized spacial score (nSPS) is 30.4. The van der Waals surface area contributed by atoms with Gasteiger partial charge < -0.3 is 9.84 Å². The Balaban J connectivity index is 1.79. The molecule has 0 aromatic heterocycles. The van der Waals surface area contributed by atoms with E-state index >= 15 is 0 Å². The molecular weight excluding hydrogens is 232 g/mol. The monoisotopic (exact) mass is 252 g/mol. The lowest BCUT2D eigenvalue weighted by atomic mass is 9.88. The highest BCUT2D eigenvalue weighted by molar-refractivity contribution is 5.69. The SMILES string of the molecule is CC(=O)OC(CCC1CC2C=CC1C2)CC(=O)O. The number of aliphatic carboxylic acids is 1. The van der Waals surface area contributed by atoms with Crippen molar-refractivity contribution < 1.29 is 19.4 Å². The van der Waals surface area contributed by atoms with Crippen LogP contribution in [0, 0.1) is 17.8 Å². The Labute approximate surface area is 107 Å². The summed E-state index contributed by atoms with van der Waals surface area (Å²) in [5.41, 5.74) is 0. The first kappa shape index (κ1) is 13.1. The topological polar surface area (TPSA) is 63.6 Å². The Morgan fingerprint density at radius 2 is 2.17 bits per heavy atom. The number of hydrogen-bond acceptors (Lipinski definition) is 3. The van der Waals surface area contributed by atoms with Crippen molar-refractivity contribution in [2.24, 2.45) is 17.8 Å². The van der Waals surface area contributed by atoms with Crippen molar-refractivity contribution in [2.45, 2.75) is 45.1 Å². The van der Waals surface area contributed by atoms with Crippen molar-refractivity contribution >= 4 is 11.9 Å². The van der Waals surface area contributed by atoms with Gasteiger partial charge in [0.25, 0.3) is 0 Å². The molecule has 2 bridgehead atoms. The number of ether oxygens (including phenoxy) is 1. The molecule has 0 aliphatic heterocycles. The summed E-state index contributed by atoms with van der Waals surface area (Å²) in [6.07, 6.45) is 8.10. The molecule has 0 saturated heterocycles. The first-order chi connectivity index (χ1) is 8.54. The molecule has 0 radical (unpaired) electrons. The van der Waals surface area contributed by atoms with Crippen LogP contribution in [0.4, 0.5) is 0 Å². The Kier molecular flexibility index (Phi) is 4.04. The first-order valence-electron chi connectivity index (χ1n) is 6.62. The van der Waals surface area contributed by atoms with Gasteiger partial charge in [0.05, 0.1) is 6.42 Å². The van der Waals surface area contributed by atoms with E-state index in [1.807, 2.05) is 0 Å². The predicted octanol–water partition coefficient (Wildman–Crippen LogP) is 2.39. The predicted molar refractivity (Wildman–Crippen MR) is 65.9 cm³/mol. The Hall–Kier alpha value is -1.32. The van der Waals surface area contributed by atoms with Crippen LogP contribution in [0.1, 0.15) is 39.0 Å². The van der Waals surface area contributed by atoms with Gasteiger partial charge in [-0.15, -0.1) is 0 Å². The van der Waals surface area contributed by atoms with Crippen LogP contribution >= 0.6 is 0 Å². The molecule has 4 unspecified atom stereocenters. The van der Waals surface area contributed by atoms with Crippen molar-refractivity contribution in [3.63, 3.8) is 0 Å². The van der Waals surface area contributed by atoms with Crippen LogP contribution < -0.4 is 0 Å². The number of carbonyl (C=O) groups excluding carboxylic acids is 1. The molecule has 2 rings (SSSR count). The summed E-state index contributed by atoms with van der Waals surface area (Å²) in [4.78, 5) is 21.6. The van der Waals surface area contributed by atoms with E-state index in [1.165, 1.54) is 19.8 Å². The van der Waals surface area contributed by atoms with E-state index in [1.54, 1.807) is 0 Å². The van der Waals surface area contributed by atoms with Gasteiger partial charge in [0.2, 0.25) is 0 Å². The molecule has 4 atom stereocenters. The van der Waals surface area contributed by atoms with Crippen LogP contribution in [0.25, 0.3) is 0 Å². The third kappa shape index (κ3) is 3.34. The molecule has 2 aliphatic rings. The van der Waals surface area contributed by atoms with Gasteiger partial charge >= 0.3 is 11.9 Å². The van der Waals surface area contributed by atoms with Crippen LogP contribution in [-0.4, -0.2) is 23.1 Å². The van der Waals surface area contributed by atoms with Crippen molar-refractivity contribution in [2.75, 3.05) is 0 Å². The average molecular weight is 252 g/mol. The minimum absolute atomic E-state index is 0.0871. The number of allylic oxidation sites excluding steroid dienone is 2. The van der Waals surface area contributed by atoms with E-state index < -0.39 is 18.0 Å². The highest BCUT2D eigenvalue weighted by atomic mass is 16.5. The molecule has 4 heteroatoms. The van der Waals surface area contributed by atoms with Crippen LogP contribution in [0.15, 0.2) is 12.2 Å². The molecular formula is C14H20O4. The summed E-state index contributed by atoms with van der Waals surface area (Å²) in [5, 5.41) is 8.79. The van der Waals surface area contributed by atoms with Crippen molar-refractivity contribution in [1.29, 1.82) is 0 Å². The van der Waals surface area contributed by atoms with Gasteiger partial charge in [0.1, 0.15) is 6.10 Å². The second kappa shape index (κ2) is 5.55. The van der Waals surface area contributed by atoms with Crippen LogP contribution in [0.2, 0.25) is 0 Å². The van der Waals surface area contributed by atoms with Gasteiger partial charge in [-0.3, -0.25) is 9.59 Å². The average Bonchev–Trinajstić information content (AvgIpc) is 2.85. The molecule has 0 amide bonds. The lowest BCUT2D eigenvalue weighted by Crippen LogP contribution is -2.22. The molecule has 0 aromatic rings. The second-order valence-corrected chi connectivity index (χ2v) is 5.45. The number of carboxylic acids is 1. The van der Waals surface area contributed by atoms with E-state index in [9.17, 15) is 9.59 Å². The molecule has 18 heavy (non-hydrogen) atoms. The largest absolute Gasteiger partial charge is 0.481 e. The zero-order valence-corrected chi connectivity index (χ0v) is 10.7. The van der Waals surface area contributed by atoms with Crippen LogP contribution in [0.3, 0.4) is 0 Å². The standard InChI is InChI=1S/C14H20O4/c1-9(15)18-13(8-14(16)17)5-4-12-7-10-2-3-11(12)6-10/h2-3,10-13H,4-8H2,1H3,(H,16,17). The minimum Gasteiger partial charge on any atom is -0.481 e. The highest BCUT2D eigenvalue weighted by Gasteiger charge is 2.35. The fourth-order valence-electron chi connectivity index (χ4n) is 3.26. The van der Waals surface area contributed by atoms with Gasteiger partial charge in [0.15, 0.2) is 0 Å². The Morgan fingerprint density at radius 3 is 2.67 bits per heavy atom. The molecule has 2 aliphatic carbocycles. The number of hydrogen-bond donors (Lipinski definition) is 1. The molecule has 1 fully saturated rings. The van der Waals surface area contributed by atoms with E-state index in [0.717, 1.165) is 12.3 Å². The third-order valence-electron chi connectivity index (χ3n) is 4.01. The smallest absolute Gasteiger partial charge is 0.307 e. The third-order valence-corrected chi connectivity index (χ3v) is 4.01. The first-order valence-corrected chi connectivity index (χ1v) is 6.62. The fraction of sp³-hybridized carbons (Fsp3) is 0.714. The maximum absolute atomic E-state index is 10.9. The van der Waals surface area contributed by atoms with Crippen LogP contribution in [-0.2, 0) is 14.3 Å². The van der Waals surface area contributed by atoms with Crippen molar-refractivity contribution in [1.82, 2.24) is 0 Å². The van der Waals surface area contributed by atoms with Gasteiger partial charge in [-0.2, -0.15) is 0 Å². The Bertz CT molecular complexity index is 345. The summed E-state index contributed by atoms with van der Waals surface area (Å²) in [6.45, 7) is 1.33. The summed E-state index contributed by atoms with van der Waals surface area (Å²) in [5.74, 6) is 0.736. The maximum Gasteiger partial charge on any atom is 0.307 e.